The number of rotatable bonds is 5. The third-order valence-electron chi connectivity index (χ3n) is 2.79. The van der Waals surface area contributed by atoms with Crippen LogP contribution < -0.4 is 5.32 Å². The zero-order valence-electron chi connectivity index (χ0n) is 10.6. The van der Waals surface area contributed by atoms with E-state index in [1.807, 2.05) is 0 Å². The fraction of sp³-hybridized carbons (Fsp3) is 0.231. The number of nitrogens with one attached hydrogen (secondary N) is 1. The number of hydrogen-bond acceptors (Lipinski definition) is 5. The lowest BCUT2D eigenvalue weighted by molar-refractivity contribution is -0.385. The Morgan fingerprint density at radius 2 is 2.35 bits per heavy atom. The summed E-state index contributed by atoms with van der Waals surface area (Å²) in [5.41, 5.74) is 0.717. The second-order valence-electron chi connectivity index (χ2n) is 4.14. The van der Waals surface area contributed by atoms with Crippen LogP contribution in [0.4, 0.5) is 5.69 Å². The minimum atomic E-state index is -0.759. The fourth-order valence-electron chi connectivity index (χ4n) is 1.84. The predicted octanol–water partition coefficient (Wildman–Crippen LogP) is 1.39. The molecule has 104 valence electrons. The van der Waals surface area contributed by atoms with Crippen molar-refractivity contribution in [2.45, 2.75) is 12.5 Å². The molecule has 1 amide bonds. The highest BCUT2D eigenvalue weighted by Crippen LogP contribution is 2.24. The molecule has 1 aromatic carbocycles. The number of carbonyl (C=O) groups is 1. The SMILES string of the molecule is C=CCNC(=O)C1CC(c2ccccc2[N+](=O)[O-])=NO1. The summed E-state index contributed by atoms with van der Waals surface area (Å²) in [7, 11) is 0. The van der Waals surface area contributed by atoms with Crippen molar-refractivity contribution in [3.05, 3.63) is 52.6 Å². The topological polar surface area (TPSA) is 93.8 Å². The van der Waals surface area contributed by atoms with Gasteiger partial charge in [-0.3, -0.25) is 14.9 Å². The molecule has 1 aliphatic rings. The van der Waals surface area contributed by atoms with Gasteiger partial charge in [0.2, 0.25) is 6.10 Å². The van der Waals surface area contributed by atoms with Crippen LogP contribution in [-0.4, -0.2) is 29.2 Å². The first-order valence-electron chi connectivity index (χ1n) is 5.98. The minimum Gasteiger partial charge on any atom is -0.382 e. The summed E-state index contributed by atoms with van der Waals surface area (Å²) in [5.74, 6) is -0.317. The van der Waals surface area contributed by atoms with E-state index in [0.717, 1.165) is 0 Å². The van der Waals surface area contributed by atoms with Gasteiger partial charge in [0.05, 0.1) is 16.2 Å². The number of nitro benzene ring substituents is 1. The van der Waals surface area contributed by atoms with Crippen LogP contribution >= 0.6 is 0 Å². The molecule has 0 radical (unpaired) electrons. The second kappa shape index (κ2) is 5.96. The molecule has 7 heteroatoms. The molecular weight excluding hydrogens is 262 g/mol. The molecule has 0 fully saturated rings. The number of oxime groups is 1. The highest BCUT2D eigenvalue weighted by molar-refractivity contribution is 6.06. The second-order valence-corrected chi connectivity index (χ2v) is 4.14. The van der Waals surface area contributed by atoms with Crippen molar-refractivity contribution in [1.29, 1.82) is 0 Å². The quantitative estimate of drug-likeness (QED) is 0.499. The first-order valence-corrected chi connectivity index (χ1v) is 5.98. The van der Waals surface area contributed by atoms with Gasteiger partial charge in [-0.05, 0) is 6.07 Å². The van der Waals surface area contributed by atoms with Crippen molar-refractivity contribution in [3.63, 3.8) is 0 Å². The van der Waals surface area contributed by atoms with E-state index in [9.17, 15) is 14.9 Å². The van der Waals surface area contributed by atoms with E-state index >= 15 is 0 Å². The molecule has 0 spiro atoms. The number of nitrogens with zero attached hydrogens (tertiary/aromatic N) is 2. The number of para-hydroxylation sites is 1. The molecule has 0 aliphatic carbocycles. The summed E-state index contributed by atoms with van der Waals surface area (Å²) >= 11 is 0. The smallest absolute Gasteiger partial charge is 0.278 e. The van der Waals surface area contributed by atoms with Crippen molar-refractivity contribution in [2.24, 2.45) is 5.16 Å². The van der Waals surface area contributed by atoms with Gasteiger partial charge in [0.1, 0.15) is 0 Å². The highest BCUT2D eigenvalue weighted by Gasteiger charge is 2.31. The van der Waals surface area contributed by atoms with Crippen LogP contribution in [0.2, 0.25) is 0 Å². The Bertz CT molecular complexity index is 583. The first-order chi connectivity index (χ1) is 9.63. The molecule has 1 unspecified atom stereocenters. The summed E-state index contributed by atoms with van der Waals surface area (Å²) in [5, 5.41) is 17.3. The number of amides is 1. The molecular formula is C13H13N3O4. The highest BCUT2D eigenvalue weighted by atomic mass is 16.6. The van der Waals surface area contributed by atoms with Crippen LogP contribution in [0.15, 0.2) is 42.1 Å². The Balaban J connectivity index is 2.12. The third-order valence-corrected chi connectivity index (χ3v) is 2.79. The van der Waals surface area contributed by atoms with Crippen LogP contribution in [0.3, 0.4) is 0 Å². The lowest BCUT2D eigenvalue weighted by Gasteiger charge is -2.07. The fourth-order valence-corrected chi connectivity index (χ4v) is 1.84. The molecule has 1 aliphatic heterocycles. The van der Waals surface area contributed by atoms with Crippen LogP contribution in [0, 0.1) is 10.1 Å². The summed E-state index contributed by atoms with van der Waals surface area (Å²) in [6.45, 7) is 3.83. The molecule has 1 aromatic rings. The Morgan fingerprint density at radius 3 is 3.05 bits per heavy atom. The summed E-state index contributed by atoms with van der Waals surface area (Å²) in [6.07, 6.45) is 0.995. The molecule has 1 heterocycles. The van der Waals surface area contributed by atoms with E-state index in [-0.39, 0.29) is 18.0 Å². The molecule has 20 heavy (non-hydrogen) atoms. The Labute approximate surface area is 115 Å². The zero-order chi connectivity index (χ0) is 14.5. The van der Waals surface area contributed by atoms with Crippen LogP contribution in [0.5, 0.6) is 0 Å². The molecule has 7 nitrogen and oxygen atoms in total. The molecule has 2 rings (SSSR count). The Morgan fingerprint density at radius 1 is 1.60 bits per heavy atom. The molecule has 1 atom stereocenters. The van der Waals surface area contributed by atoms with E-state index in [4.69, 9.17) is 4.84 Å². The summed E-state index contributed by atoms with van der Waals surface area (Å²) in [4.78, 5) is 27.2. The molecule has 1 N–H and O–H groups in total. The number of hydrogen-bond donors (Lipinski definition) is 1. The standard InChI is InChI=1S/C13H13N3O4/c1-2-7-14-13(17)12-8-10(15-20-12)9-5-3-4-6-11(9)16(18)19/h2-6,12H,1,7-8H2,(H,14,17). The van der Waals surface area contributed by atoms with Gasteiger partial charge >= 0.3 is 0 Å². The van der Waals surface area contributed by atoms with Gasteiger partial charge in [-0.25, -0.2) is 0 Å². The molecule has 0 aromatic heterocycles. The Kier molecular flexibility index (Phi) is 4.09. The van der Waals surface area contributed by atoms with Gasteiger partial charge in [-0.1, -0.05) is 23.4 Å². The predicted molar refractivity (Wildman–Crippen MR) is 72.3 cm³/mol. The van der Waals surface area contributed by atoms with E-state index in [0.29, 0.717) is 17.8 Å². The van der Waals surface area contributed by atoms with Crippen LogP contribution in [-0.2, 0) is 9.63 Å². The van der Waals surface area contributed by atoms with E-state index in [2.05, 4.69) is 17.1 Å². The average molecular weight is 275 g/mol. The van der Waals surface area contributed by atoms with Gasteiger partial charge in [0, 0.05) is 19.0 Å². The minimum absolute atomic E-state index is 0.0537. The normalized spacial score (nSPS) is 17.0. The van der Waals surface area contributed by atoms with Gasteiger partial charge in [0.15, 0.2) is 0 Å². The lowest BCUT2D eigenvalue weighted by Crippen LogP contribution is -2.34. The van der Waals surface area contributed by atoms with Crippen LogP contribution in [0.25, 0.3) is 0 Å². The van der Waals surface area contributed by atoms with Gasteiger partial charge in [0.25, 0.3) is 11.6 Å². The lowest BCUT2D eigenvalue weighted by atomic mass is 10.0. The van der Waals surface area contributed by atoms with Crippen molar-refractivity contribution in [1.82, 2.24) is 5.32 Å². The van der Waals surface area contributed by atoms with E-state index in [1.54, 1.807) is 24.3 Å². The summed E-state index contributed by atoms with van der Waals surface area (Å²) in [6, 6.07) is 6.23. The van der Waals surface area contributed by atoms with E-state index in [1.165, 1.54) is 6.07 Å². The van der Waals surface area contributed by atoms with Crippen molar-refractivity contribution >= 4 is 17.3 Å². The maximum atomic E-state index is 11.7. The number of nitro groups is 1. The monoisotopic (exact) mass is 275 g/mol. The largest absolute Gasteiger partial charge is 0.382 e. The van der Waals surface area contributed by atoms with E-state index < -0.39 is 11.0 Å². The zero-order valence-corrected chi connectivity index (χ0v) is 10.6. The van der Waals surface area contributed by atoms with Gasteiger partial charge in [-0.15, -0.1) is 6.58 Å². The summed E-state index contributed by atoms with van der Waals surface area (Å²) < 4.78 is 0. The molecule has 0 saturated heterocycles. The first kappa shape index (κ1) is 13.7. The molecule has 0 saturated carbocycles. The van der Waals surface area contributed by atoms with Crippen molar-refractivity contribution in [3.8, 4) is 0 Å². The number of benzene rings is 1. The number of carbonyl (C=O) groups excluding carboxylic acids is 1. The molecule has 0 bridgehead atoms. The maximum absolute atomic E-state index is 11.7. The Hall–Kier alpha value is -2.70. The average Bonchev–Trinajstić information content (AvgIpc) is 2.94. The van der Waals surface area contributed by atoms with Gasteiger partial charge in [-0.2, -0.15) is 0 Å². The van der Waals surface area contributed by atoms with Crippen molar-refractivity contribution in [2.75, 3.05) is 6.54 Å². The van der Waals surface area contributed by atoms with Crippen LogP contribution in [0.1, 0.15) is 12.0 Å². The van der Waals surface area contributed by atoms with Gasteiger partial charge < -0.3 is 10.2 Å². The third kappa shape index (κ3) is 2.82. The van der Waals surface area contributed by atoms with Crippen molar-refractivity contribution < 1.29 is 14.6 Å². The maximum Gasteiger partial charge on any atom is 0.278 e.